The summed E-state index contributed by atoms with van der Waals surface area (Å²) in [6, 6.07) is 6.27. The Morgan fingerprint density at radius 1 is 1.17 bits per heavy atom. The van der Waals surface area contributed by atoms with Crippen molar-refractivity contribution in [2.75, 3.05) is 6.67 Å². The molecule has 2 N–H and O–H groups in total. The topological polar surface area (TPSA) is 75.1 Å². The number of hydrogen-bond donors (Lipinski definition) is 2. The summed E-state index contributed by atoms with van der Waals surface area (Å²) in [5, 5.41) is 12.9. The molecule has 0 bridgehead atoms. The fraction of sp³-hybridized carbons (Fsp3) is 0.389. The Labute approximate surface area is 141 Å². The maximum Gasteiger partial charge on any atom is 0.222 e. The third-order valence-electron chi connectivity index (χ3n) is 3.74. The van der Waals surface area contributed by atoms with Gasteiger partial charge < -0.3 is 10.4 Å². The number of rotatable bonds is 7. The highest BCUT2D eigenvalue weighted by Crippen LogP contribution is 2.19. The van der Waals surface area contributed by atoms with E-state index in [1.54, 1.807) is 38.4 Å². The Balaban J connectivity index is 2.04. The Morgan fingerprint density at radius 2 is 1.79 bits per heavy atom. The third-order valence-corrected chi connectivity index (χ3v) is 3.74. The molecule has 0 spiro atoms. The van der Waals surface area contributed by atoms with E-state index in [0.717, 1.165) is 11.1 Å². The normalized spacial score (nSPS) is 13.5. The van der Waals surface area contributed by atoms with E-state index in [1.807, 2.05) is 12.1 Å². The number of aliphatic hydroxyl groups excluding tert-OH is 1. The summed E-state index contributed by atoms with van der Waals surface area (Å²) >= 11 is 0. The van der Waals surface area contributed by atoms with Gasteiger partial charge in [0.05, 0.1) is 6.04 Å². The highest BCUT2D eigenvalue weighted by atomic mass is 19.1. The standard InChI is InChI=1S/C18H22FN3O2/c1-12(2)18(24)22-16(8-19)17(23)15-5-3-13(4-6-15)7-14-9-20-11-21-10-14/h3-6,9-12,16-17,23H,7-8H2,1-2H3,(H,22,24). The molecule has 1 amide bonds. The Kier molecular flexibility index (Phi) is 6.37. The number of amides is 1. The first-order valence-corrected chi connectivity index (χ1v) is 7.88. The molecule has 2 aromatic rings. The van der Waals surface area contributed by atoms with Crippen LogP contribution < -0.4 is 5.32 Å². The maximum absolute atomic E-state index is 13.2. The van der Waals surface area contributed by atoms with Crippen LogP contribution in [0.2, 0.25) is 0 Å². The van der Waals surface area contributed by atoms with Crippen LogP contribution in [0.3, 0.4) is 0 Å². The van der Waals surface area contributed by atoms with Crippen LogP contribution in [0.25, 0.3) is 0 Å². The second kappa shape index (κ2) is 8.49. The van der Waals surface area contributed by atoms with Crippen LogP contribution in [0.5, 0.6) is 0 Å². The zero-order chi connectivity index (χ0) is 17.5. The number of carbonyl (C=O) groups excluding carboxylic acids is 1. The molecule has 0 aliphatic rings. The van der Waals surface area contributed by atoms with Gasteiger partial charge >= 0.3 is 0 Å². The minimum absolute atomic E-state index is 0.262. The quantitative estimate of drug-likeness (QED) is 0.816. The lowest BCUT2D eigenvalue weighted by Crippen LogP contribution is -2.42. The van der Waals surface area contributed by atoms with Crippen molar-refractivity contribution in [3.05, 3.63) is 59.7 Å². The number of aromatic nitrogens is 2. The van der Waals surface area contributed by atoms with Gasteiger partial charge in [0.15, 0.2) is 0 Å². The van der Waals surface area contributed by atoms with E-state index in [-0.39, 0.29) is 11.8 Å². The van der Waals surface area contributed by atoms with E-state index in [9.17, 15) is 14.3 Å². The predicted octanol–water partition coefficient (Wildman–Crippen LogP) is 2.21. The lowest BCUT2D eigenvalue weighted by atomic mass is 9.99. The number of alkyl halides is 1. The molecule has 6 heteroatoms. The fourth-order valence-electron chi connectivity index (χ4n) is 2.27. The van der Waals surface area contributed by atoms with Crippen LogP contribution in [0.1, 0.15) is 36.6 Å². The molecule has 0 fully saturated rings. The SMILES string of the molecule is CC(C)C(=O)NC(CF)C(O)c1ccc(Cc2cncnc2)cc1. The average molecular weight is 331 g/mol. The molecule has 0 radical (unpaired) electrons. The molecule has 2 atom stereocenters. The van der Waals surface area contributed by atoms with E-state index in [2.05, 4.69) is 15.3 Å². The van der Waals surface area contributed by atoms with Crippen LogP contribution in [-0.2, 0) is 11.2 Å². The molecule has 2 rings (SSSR count). The summed E-state index contributed by atoms with van der Waals surface area (Å²) in [5.41, 5.74) is 2.58. The van der Waals surface area contributed by atoms with Gasteiger partial charge in [-0.25, -0.2) is 14.4 Å². The van der Waals surface area contributed by atoms with Gasteiger partial charge in [0, 0.05) is 24.7 Å². The van der Waals surface area contributed by atoms with Gasteiger partial charge in [0.25, 0.3) is 0 Å². The molecule has 1 aromatic heterocycles. The lowest BCUT2D eigenvalue weighted by Gasteiger charge is -2.23. The molecule has 128 valence electrons. The molecule has 24 heavy (non-hydrogen) atoms. The van der Waals surface area contributed by atoms with E-state index in [1.165, 1.54) is 6.33 Å². The minimum Gasteiger partial charge on any atom is -0.386 e. The van der Waals surface area contributed by atoms with E-state index in [4.69, 9.17) is 0 Å². The van der Waals surface area contributed by atoms with Gasteiger partial charge in [0.1, 0.15) is 19.1 Å². The summed E-state index contributed by atoms with van der Waals surface area (Å²) < 4.78 is 13.2. The smallest absolute Gasteiger partial charge is 0.222 e. The number of benzene rings is 1. The molecule has 1 heterocycles. The molecule has 0 aliphatic carbocycles. The molecular weight excluding hydrogens is 309 g/mol. The van der Waals surface area contributed by atoms with Crippen LogP contribution in [0, 0.1) is 5.92 Å². The van der Waals surface area contributed by atoms with Gasteiger partial charge in [0.2, 0.25) is 5.91 Å². The van der Waals surface area contributed by atoms with Crippen molar-refractivity contribution in [1.82, 2.24) is 15.3 Å². The first-order chi connectivity index (χ1) is 11.5. The average Bonchev–Trinajstić information content (AvgIpc) is 2.60. The summed E-state index contributed by atoms with van der Waals surface area (Å²) in [6.45, 7) is 2.61. The van der Waals surface area contributed by atoms with Crippen molar-refractivity contribution < 1.29 is 14.3 Å². The monoisotopic (exact) mass is 331 g/mol. The minimum atomic E-state index is -1.09. The number of aliphatic hydroxyl groups is 1. The summed E-state index contributed by atoms with van der Waals surface area (Å²) in [6.07, 6.45) is 4.55. The number of hydrogen-bond acceptors (Lipinski definition) is 4. The van der Waals surface area contributed by atoms with Crippen molar-refractivity contribution in [2.24, 2.45) is 5.92 Å². The summed E-state index contributed by atoms with van der Waals surface area (Å²) in [4.78, 5) is 19.6. The molecule has 0 aliphatic heterocycles. The van der Waals surface area contributed by atoms with Crippen molar-refractivity contribution in [2.45, 2.75) is 32.4 Å². The lowest BCUT2D eigenvalue weighted by molar-refractivity contribution is -0.125. The number of halogens is 1. The molecule has 0 saturated carbocycles. The van der Waals surface area contributed by atoms with Crippen molar-refractivity contribution in [3.8, 4) is 0 Å². The number of nitrogens with zero attached hydrogens (tertiary/aromatic N) is 2. The van der Waals surface area contributed by atoms with Crippen LogP contribution in [0.15, 0.2) is 43.0 Å². The van der Waals surface area contributed by atoms with Gasteiger partial charge in [-0.2, -0.15) is 0 Å². The molecule has 2 unspecified atom stereocenters. The van der Waals surface area contributed by atoms with Crippen molar-refractivity contribution in [3.63, 3.8) is 0 Å². The van der Waals surface area contributed by atoms with Crippen molar-refractivity contribution in [1.29, 1.82) is 0 Å². The highest BCUT2D eigenvalue weighted by Gasteiger charge is 2.23. The second-order valence-corrected chi connectivity index (χ2v) is 6.03. The fourth-order valence-corrected chi connectivity index (χ4v) is 2.27. The number of carbonyl (C=O) groups is 1. The Bertz CT molecular complexity index is 647. The zero-order valence-corrected chi connectivity index (χ0v) is 13.8. The van der Waals surface area contributed by atoms with Gasteiger partial charge in [-0.05, 0) is 16.7 Å². The van der Waals surface area contributed by atoms with Crippen LogP contribution in [0.4, 0.5) is 4.39 Å². The first-order valence-electron chi connectivity index (χ1n) is 7.88. The summed E-state index contributed by atoms with van der Waals surface area (Å²) in [7, 11) is 0. The first kappa shape index (κ1) is 18.0. The van der Waals surface area contributed by atoms with E-state index >= 15 is 0 Å². The maximum atomic E-state index is 13.2. The molecular formula is C18H22FN3O2. The predicted molar refractivity (Wildman–Crippen MR) is 89.0 cm³/mol. The van der Waals surface area contributed by atoms with Crippen molar-refractivity contribution >= 4 is 5.91 Å². The zero-order valence-electron chi connectivity index (χ0n) is 13.8. The third kappa shape index (κ3) is 4.83. The van der Waals surface area contributed by atoms with Gasteiger partial charge in [-0.1, -0.05) is 38.1 Å². The van der Waals surface area contributed by atoms with Gasteiger partial charge in [-0.15, -0.1) is 0 Å². The number of nitrogens with one attached hydrogen (secondary N) is 1. The van der Waals surface area contributed by atoms with Crippen LogP contribution in [-0.4, -0.2) is 33.7 Å². The van der Waals surface area contributed by atoms with E-state index < -0.39 is 18.8 Å². The highest BCUT2D eigenvalue weighted by molar-refractivity contribution is 5.78. The Hall–Kier alpha value is -2.34. The largest absolute Gasteiger partial charge is 0.386 e. The Morgan fingerprint density at radius 3 is 2.33 bits per heavy atom. The van der Waals surface area contributed by atoms with Gasteiger partial charge in [-0.3, -0.25) is 4.79 Å². The molecule has 0 saturated heterocycles. The second-order valence-electron chi connectivity index (χ2n) is 6.03. The molecule has 5 nitrogen and oxygen atoms in total. The molecule has 1 aromatic carbocycles. The van der Waals surface area contributed by atoms with E-state index in [0.29, 0.717) is 12.0 Å². The van der Waals surface area contributed by atoms with Crippen LogP contribution >= 0.6 is 0 Å². The summed E-state index contributed by atoms with van der Waals surface area (Å²) in [5.74, 6) is -0.542.